The molecule has 0 bridgehead atoms. The molecule has 0 aliphatic heterocycles. The van der Waals surface area contributed by atoms with E-state index in [1.807, 2.05) is 36.0 Å². The lowest BCUT2D eigenvalue weighted by molar-refractivity contribution is 0.914. The van der Waals surface area contributed by atoms with Crippen molar-refractivity contribution in [2.24, 2.45) is 5.73 Å². The summed E-state index contributed by atoms with van der Waals surface area (Å²) in [5.41, 5.74) is 7.54. The Morgan fingerprint density at radius 3 is 2.53 bits per heavy atom. The van der Waals surface area contributed by atoms with Crippen molar-refractivity contribution in [2.45, 2.75) is 13.0 Å². The van der Waals surface area contributed by atoms with Crippen LogP contribution in [0.3, 0.4) is 0 Å². The Kier molecular flexibility index (Phi) is 4.91. The number of benzene rings is 1. The van der Waals surface area contributed by atoms with Crippen LogP contribution in [0.25, 0.3) is 0 Å². The molecule has 1 aromatic carbocycles. The Bertz CT molecular complexity index is 322. The van der Waals surface area contributed by atoms with E-state index in [0.717, 1.165) is 17.0 Å². The van der Waals surface area contributed by atoms with Crippen molar-refractivity contribution >= 4 is 34.7 Å². The van der Waals surface area contributed by atoms with Gasteiger partial charge in [-0.25, -0.2) is 0 Å². The van der Waals surface area contributed by atoms with E-state index in [-0.39, 0.29) is 0 Å². The Morgan fingerprint density at radius 2 is 2.07 bits per heavy atom. The molecule has 1 unspecified atom stereocenters. The van der Waals surface area contributed by atoms with Crippen molar-refractivity contribution in [3.63, 3.8) is 0 Å². The van der Waals surface area contributed by atoms with Gasteiger partial charge in [-0.15, -0.1) is 0 Å². The monoisotopic (exact) mass is 240 g/mol. The van der Waals surface area contributed by atoms with Gasteiger partial charge in [0.1, 0.15) is 4.99 Å². The predicted molar refractivity (Wildman–Crippen MR) is 73.8 cm³/mol. The molecule has 1 aromatic rings. The summed E-state index contributed by atoms with van der Waals surface area (Å²) in [5.74, 6) is 1.09. The topological polar surface area (TPSA) is 38.0 Å². The van der Waals surface area contributed by atoms with Gasteiger partial charge in [0.15, 0.2) is 0 Å². The number of anilines is 1. The average Bonchev–Trinajstić information content (AvgIpc) is 2.18. The number of thioether (sulfide) groups is 1. The molecule has 3 N–H and O–H groups in total. The normalized spacial score (nSPS) is 12.1. The van der Waals surface area contributed by atoms with E-state index in [9.17, 15) is 0 Å². The summed E-state index contributed by atoms with van der Waals surface area (Å²) in [6, 6.07) is 8.36. The maximum absolute atomic E-state index is 5.52. The second-order valence-corrected chi connectivity index (χ2v) is 4.79. The van der Waals surface area contributed by atoms with Crippen molar-refractivity contribution in [1.82, 2.24) is 0 Å². The van der Waals surface area contributed by atoms with Crippen LogP contribution >= 0.6 is 24.0 Å². The van der Waals surface area contributed by atoms with Crippen molar-refractivity contribution in [3.05, 3.63) is 29.8 Å². The minimum atomic E-state index is 0.443. The Hall–Kier alpha value is -0.740. The molecule has 0 saturated heterocycles. The molecular formula is C11H16N2S2. The van der Waals surface area contributed by atoms with Gasteiger partial charge >= 0.3 is 0 Å². The van der Waals surface area contributed by atoms with Gasteiger partial charge in [0, 0.05) is 23.0 Å². The van der Waals surface area contributed by atoms with Gasteiger partial charge in [0.05, 0.1) is 0 Å². The molecule has 0 aromatic heterocycles. The number of nitrogens with one attached hydrogen (secondary N) is 1. The fourth-order valence-corrected chi connectivity index (χ4v) is 2.03. The van der Waals surface area contributed by atoms with E-state index < -0.39 is 0 Å². The highest BCUT2D eigenvalue weighted by molar-refractivity contribution is 7.98. The van der Waals surface area contributed by atoms with E-state index >= 15 is 0 Å². The first-order valence-corrected chi connectivity index (χ1v) is 6.59. The number of rotatable bonds is 5. The molecule has 0 aliphatic carbocycles. The highest BCUT2D eigenvalue weighted by Gasteiger charge is 2.01. The summed E-state index contributed by atoms with van der Waals surface area (Å²) in [5, 5.41) is 3.40. The zero-order valence-electron chi connectivity index (χ0n) is 8.99. The molecule has 2 nitrogen and oxygen atoms in total. The van der Waals surface area contributed by atoms with Crippen molar-refractivity contribution in [2.75, 3.05) is 17.3 Å². The molecule has 82 valence electrons. The third-order valence-electron chi connectivity index (χ3n) is 2.00. The first kappa shape index (κ1) is 12.3. The Labute approximate surface area is 101 Å². The van der Waals surface area contributed by atoms with Crippen LogP contribution in [0.15, 0.2) is 24.3 Å². The first-order chi connectivity index (χ1) is 7.13. The largest absolute Gasteiger partial charge is 0.389 e. The van der Waals surface area contributed by atoms with Crippen LogP contribution in [0.2, 0.25) is 0 Å². The number of nitrogens with two attached hydrogens (primary N) is 1. The van der Waals surface area contributed by atoms with E-state index in [0.29, 0.717) is 11.0 Å². The molecule has 0 radical (unpaired) electrons. The van der Waals surface area contributed by atoms with Crippen LogP contribution in [0.4, 0.5) is 5.69 Å². The molecule has 0 spiro atoms. The molecule has 0 heterocycles. The quantitative estimate of drug-likeness (QED) is 0.776. The lowest BCUT2D eigenvalue weighted by atomic mass is 10.2. The molecule has 1 rings (SSSR count). The van der Waals surface area contributed by atoms with E-state index in [1.54, 1.807) is 0 Å². The smallest absolute Gasteiger partial charge is 0.103 e. The zero-order chi connectivity index (χ0) is 11.3. The van der Waals surface area contributed by atoms with Crippen molar-refractivity contribution in [1.29, 1.82) is 0 Å². The lowest BCUT2D eigenvalue weighted by Crippen LogP contribution is -2.17. The van der Waals surface area contributed by atoms with Crippen LogP contribution in [-0.4, -0.2) is 23.0 Å². The fourth-order valence-electron chi connectivity index (χ4n) is 1.31. The Morgan fingerprint density at radius 1 is 1.47 bits per heavy atom. The molecule has 0 amide bonds. The van der Waals surface area contributed by atoms with Crippen LogP contribution in [0, 0.1) is 0 Å². The van der Waals surface area contributed by atoms with Gasteiger partial charge in [-0.2, -0.15) is 11.8 Å². The number of thiocarbonyl (C=S) groups is 1. The second-order valence-electron chi connectivity index (χ2n) is 3.44. The SMILES string of the molecule is CSCC(C)Nc1ccc(C(N)=S)cc1. The van der Waals surface area contributed by atoms with Crippen LogP contribution in [0.1, 0.15) is 12.5 Å². The lowest BCUT2D eigenvalue weighted by Gasteiger charge is -2.14. The summed E-state index contributed by atoms with van der Waals surface area (Å²) >= 11 is 6.72. The fraction of sp³-hybridized carbons (Fsp3) is 0.364. The summed E-state index contributed by atoms with van der Waals surface area (Å²) in [4.78, 5) is 0.443. The van der Waals surface area contributed by atoms with Gasteiger partial charge < -0.3 is 11.1 Å². The summed E-state index contributed by atoms with van der Waals surface area (Å²) in [7, 11) is 0. The summed E-state index contributed by atoms with van der Waals surface area (Å²) in [6.07, 6.45) is 2.11. The molecule has 0 aliphatic rings. The first-order valence-electron chi connectivity index (χ1n) is 4.79. The maximum atomic E-state index is 5.52. The molecule has 15 heavy (non-hydrogen) atoms. The maximum Gasteiger partial charge on any atom is 0.103 e. The highest BCUT2D eigenvalue weighted by atomic mass is 32.2. The Balaban J connectivity index is 2.60. The van der Waals surface area contributed by atoms with Gasteiger partial charge in [-0.3, -0.25) is 0 Å². The van der Waals surface area contributed by atoms with E-state index in [2.05, 4.69) is 18.5 Å². The number of hydrogen-bond acceptors (Lipinski definition) is 3. The molecular weight excluding hydrogens is 224 g/mol. The third-order valence-corrected chi connectivity index (χ3v) is 3.07. The third kappa shape index (κ3) is 4.10. The molecule has 4 heteroatoms. The van der Waals surface area contributed by atoms with E-state index in [4.69, 9.17) is 18.0 Å². The second kappa shape index (κ2) is 5.98. The summed E-state index contributed by atoms with van der Waals surface area (Å²) in [6.45, 7) is 2.16. The van der Waals surface area contributed by atoms with E-state index in [1.165, 1.54) is 0 Å². The van der Waals surface area contributed by atoms with Gasteiger partial charge in [-0.1, -0.05) is 12.2 Å². The minimum Gasteiger partial charge on any atom is -0.389 e. The molecule has 0 saturated carbocycles. The predicted octanol–water partition coefficient (Wildman–Crippen LogP) is 2.48. The average molecular weight is 240 g/mol. The number of hydrogen-bond donors (Lipinski definition) is 2. The van der Waals surface area contributed by atoms with Gasteiger partial charge in [-0.05, 0) is 37.4 Å². The van der Waals surface area contributed by atoms with Gasteiger partial charge in [0.25, 0.3) is 0 Å². The van der Waals surface area contributed by atoms with Crippen molar-refractivity contribution in [3.8, 4) is 0 Å². The van der Waals surface area contributed by atoms with Crippen molar-refractivity contribution < 1.29 is 0 Å². The van der Waals surface area contributed by atoms with Crippen LogP contribution in [-0.2, 0) is 0 Å². The van der Waals surface area contributed by atoms with Crippen LogP contribution in [0.5, 0.6) is 0 Å². The standard InChI is InChI=1S/C11H16N2S2/c1-8(7-15-2)13-10-5-3-9(4-6-10)11(12)14/h3-6,8,13H,7H2,1-2H3,(H2,12,14). The molecule has 1 atom stereocenters. The molecule has 0 fully saturated rings. The zero-order valence-corrected chi connectivity index (χ0v) is 10.6. The van der Waals surface area contributed by atoms with Crippen LogP contribution < -0.4 is 11.1 Å². The van der Waals surface area contributed by atoms with Gasteiger partial charge in [0.2, 0.25) is 0 Å². The summed E-state index contributed by atoms with van der Waals surface area (Å²) < 4.78 is 0. The minimum absolute atomic E-state index is 0.443. The highest BCUT2D eigenvalue weighted by Crippen LogP contribution is 2.12.